The molecular weight excluding hydrogens is 275 g/mol. The number of rotatable bonds is 2. The highest BCUT2D eigenvalue weighted by atomic mass is 35.5. The molecule has 3 rings (SSSR count). The summed E-state index contributed by atoms with van der Waals surface area (Å²) in [6.07, 6.45) is 3.45. The van der Waals surface area contributed by atoms with Crippen LogP contribution in [0.25, 0.3) is 10.8 Å². The van der Waals surface area contributed by atoms with Crippen molar-refractivity contribution in [3.63, 3.8) is 0 Å². The van der Waals surface area contributed by atoms with Crippen LogP contribution in [0.15, 0.2) is 54.9 Å². The van der Waals surface area contributed by atoms with Crippen LogP contribution in [0.3, 0.4) is 0 Å². The molecule has 1 atom stereocenters. The van der Waals surface area contributed by atoms with Crippen molar-refractivity contribution in [1.29, 1.82) is 0 Å². The fraction of sp³-hybridized carbons (Fsp3) is 0.0625. The first-order valence-corrected chi connectivity index (χ1v) is 6.58. The molecule has 0 aliphatic carbocycles. The quantitative estimate of drug-likeness (QED) is 0.771. The number of nitrogens with zero attached hydrogens (tertiary/aromatic N) is 1. The Bertz CT molecular complexity index is 768. The predicted octanol–water partition coefficient (Wildman–Crippen LogP) is 4.08. The Hall–Kier alpha value is -1.97. The van der Waals surface area contributed by atoms with Crippen molar-refractivity contribution in [3.05, 3.63) is 76.8 Å². The van der Waals surface area contributed by atoms with Gasteiger partial charge in [-0.15, -0.1) is 0 Å². The van der Waals surface area contributed by atoms with Gasteiger partial charge in [0.2, 0.25) is 0 Å². The number of benzene rings is 2. The molecule has 1 heterocycles. The van der Waals surface area contributed by atoms with Crippen LogP contribution < -0.4 is 5.73 Å². The maximum absolute atomic E-state index is 14.0. The lowest BCUT2D eigenvalue weighted by molar-refractivity contribution is 0.600. The molecule has 0 spiro atoms. The summed E-state index contributed by atoms with van der Waals surface area (Å²) in [6.45, 7) is 0. The number of hydrogen-bond donors (Lipinski definition) is 1. The van der Waals surface area contributed by atoms with E-state index in [1.165, 1.54) is 6.07 Å². The average molecular weight is 287 g/mol. The summed E-state index contributed by atoms with van der Waals surface area (Å²) in [5.41, 5.74) is 7.42. The molecule has 20 heavy (non-hydrogen) atoms. The van der Waals surface area contributed by atoms with Crippen LogP contribution in [0, 0.1) is 5.82 Å². The highest BCUT2D eigenvalue weighted by Gasteiger charge is 2.16. The van der Waals surface area contributed by atoms with Gasteiger partial charge in [-0.05, 0) is 23.1 Å². The molecule has 0 fully saturated rings. The normalized spacial score (nSPS) is 12.6. The minimum absolute atomic E-state index is 0.356. The maximum atomic E-state index is 14.0. The van der Waals surface area contributed by atoms with Crippen molar-refractivity contribution in [1.82, 2.24) is 4.98 Å². The van der Waals surface area contributed by atoms with E-state index < -0.39 is 11.9 Å². The summed E-state index contributed by atoms with van der Waals surface area (Å²) in [5, 5.41) is 2.31. The van der Waals surface area contributed by atoms with Gasteiger partial charge in [-0.3, -0.25) is 4.98 Å². The summed E-state index contributed by atoms with van der Waals surface area (Å²) >= 11 is 5.77. The van der Waals surface area contributed by atoms with E-state index in [1.54, 1.807) is 24.5 Å². The standard InChI is InChI=1S/C16H12ClFN2/c17-11-5-6-13(15(18)7-11)16(19)14-9-20-8-10-3-1-2-4-12(10)14/h1-9,16H,19H2. The molecule has 0 amide bonds. The topological polar surface area (TPSA) is 38.9 Å². The molecule has 0 aliphatic heterocycles. The summed E-state index contributed by atoms with van der Waals surface area (Å²) < 4.78 is 14.0. The minimum Gasteiger partial charge on any atom is -0.320 e. The third-order valence-electron chi connectivity index (χ3n) is 3.33. The molecule has 2 aromatic carbocycles. The number of aromatic nitrogens is 1. The molecule has 0 aliphatic rings. The number of nitrogens with two attached hydrogens (primary N) is 1. The lowest BCUT2D eigenvalue weighted by Gasteiger charge is -2.15. The summed E-state index contributed by atoms with van der Waals surface area (Å²) in [5.74, 6) is -0.405. The Morgan fingerprint density at radius 2 is 1.85 bits per heavy atom. The third-order valence-corrected chi connectivity index (χ3v) is 3.57. The second kappa shape index (κ2) is 5.19. The molecule has 100 valence electrons. The summed E-state index contributed by atoms with van der Waals surface area (Å²) in [6, 6.07) is 11.7. The van der Waals surface area contributed by atoms with Gasteiger partial charge in [0.05, 0.1) is 6.04 Å². The van der Waals surface area contributed by atoms with E-state index in [2.05, 4.69) is 4.98 Å². The second-order valence-corrected chi connectivity index (χ2v) is 5.03. The zero-order valence-corrected chi connectivity index (χ0v) is 11.3. The largest absolute Gasteiger partial charge is 0.320 e. The molecule has 1 aromatic heterocycles. The molecule has 1 unspecified atom stereocenters. The number of hydrogen-bond acceptors (Lipinski definition) is 2. The van der Waals surface area contributed by atoms with E-state index in [-0.39, 0.29) is 0 Å². The van der Waals surface area contributed by atoms with Gasteiger partial charge >= 0.3 is 0 Å². The van der Waals surface area contributed by atoms with Crippen molar-refractivity contribution in [2.75, 3.05) is 0 Å². The molecule has 0 radical (unpaired) electrons. The third kappa shape index (κ3) is 2.26. The highest BCUT2D eigenvalue weighted by Crippen LogP contribution is 2.28. The fourth-order valence-corrected chi connectivity index (χ4v) is 2.47. The van der Waals surface area contributed by atoms with Crippen LogP contribution >= 0.6 is 11.6 Å². The maximum Gasteiger partial charge on any atom is 0.129 e. The van der Waals surface area contributed by atoms with Gasteiger partial charge in [-0.2, -0.15) is 0 Å². The van der Waals surface area contributed by atoms with E-state index >= 15 is 0 Å². The second-order valence-electron chi connectivity index (χ2n) is 4.59. The summed E-state index contributed by atoms with van der Waals surface area (Å²) in [4.78, 5) is 4.18. The Kier molecular flexibility index (Phi) is 3.38. The molecule has 0 bridgehead atoms. The van der Waals surface area contributed by atoms with Crippen LogP contribution in [-0.2, 0) is 0 Å². The minimum atomic E-state index is -0.578. The van der Waals surface area contributed by atoms with Gasteiger partial charge in [0.1, 0.15) is 5.82 Å². The predicted molar refractivity (Wildman–Crippen MR) is 79.2 cm³/mol. The van der Waals surface area contributed by atoms with Crippen LogP contribution in [0.5, 0.6) is 0 Å². The molecule has 2 nitrogen and oxygen atoms in total. The molecule has 0 saturated heterocycles. The summed E-state index contributed by atoms with van der Waals surface area (Å²) in [7, 11) is 0. The Labute approximate surface area is 121 Å². The van der Waals surface area contributed by atoms with Crippen LogP contribution in [-0.4, -0.2) is 4.98 Å². The Morgan fingerprint density at radius 1 is 1.05 bits per heavy atom. The van der Waals surface area contributed by atoms with Gasteiger partial charge in [-0.25, -0.2) is 4.39 Å². The monoisotopic (exact) mass is 286 g/mol. The average Bonchev–Trinajstić information content (AvgIpc) is 2.46. The van der Waals surface area contributed by atoms with Crippen molar-refractivity contribution >= 4 is 22.4 Å². The van der Waals surface area contributed by atoms with E-state index in [0.717, 1.165) is 16.3 Å². The van der Waals surface area contributed by atoms with Crippen LogP contribution in [0.4, 0.5) is 4.39 Å². The van der Waals surface area contributed by atoms with E-state index in [0.29, 0.717) is 10.6 Å². The molecule has 2 N–H and O–H groups in total. The van der Waals surface area contributed by atoms with Crippen molar-refractivity contribution < 1.29 is 4.39 Å². The number of halogens is 2. The Morgan fingerprint density at radius 3 is 2.65 bits per heavy atom. The van der Waals surface area contributed by atoms with E-state index in [4.69, 9.17) is 17.3 Å². The first kappa shape index (κ1) is 13.0. The molecular formula is C16H12ClFN2. The lowest BCUT2D eigenvalue weighted by atomic mass is 9.96. The van der Waals surface area contributed by atoms with Crippen LogP contribution in [0.1, 0.15) is 17.2 Å². The van der Waals surface area contributed by atoms with Crippen molar-refractivity contribution in [2.24, 2.45) is 5.73 Å². The zero-order valence-electron chi connectivity index (χ0n) is 10.6. The fourth-order valence-electron chi connectivity index (χ4n) is 2.31. The van der Waals surface area contributed by atoms with Crippen molar-refractivity contribution in [3.8, 4) is 0 Å². The van der Waals surface area contributed by atoms with Crippen LogP contribution in [0.2, 0.25) is 5.02 Å². The van der Waals surface area contributed by atoms with Crippen molar-refractivity contribution in [2.45, 2.75) is 6.04 Å². The smallest absolute Gasteiger partial charge is 0.129 e. The SMILES string of the molecule is NC(c1ccc(Cl)cc1F)c1cncc2ccccc12. The molecule has 3 aromatic rings. The van der Waals surface area contributed by atoms with Gasteiger partial charge in [0.25, 0.3) is 0 Å². The number of fused-ring (bicyclic) bond motifs is 1. The highest BCUT2D eigenvalue weighted by molar-refractivity contribution is 6.30. The van der Waals surface area contributed by atoms with Gasteiger partial charge in [0.15, 0.2) is 0 Å². The first-order chi connectivity index (χ1) is 9.66. The van der Waals surface area contributed by atoms with E-state index in [1.807, 2.05) is 24.3 Å². The van der Waals surface area contributed by atoms with Gasteiger partial charge in [-0.1, -0.05) is 41.9 Å². The van der Waals surface area contributed by atoms with Gasteiger partial charge in [0, 0.05) is 28.4 Å². The first-order valence-electron chi connectivity index (χ1n) is 6.20. The lowest BCUT2D eigenvalue weighted by Crippen LogP contribution is -2.14. The molecule has 4 heteroatoms. The molecule has 0 saturated carbocycles. The zero-order chi connectivity index (χ0) is 14.1. The number of pyridine rings is 1. The van der Waals surface area contributed by atoms with E-state index in [9.17, 15) is 4.39 Å². The van der Waals surface area contributed by atoms with Gasteiger partial charge < -0.3 is 5.73 Å². The Balaban J connectivity index is 2.15.